The Morgan fingerprint density at radius 2 is 1.96 bits per heavy atom. The molecule has 0 saturated carbocycles. The van der Waals surface area contributed by atoms with Gasteiger partial charge in [-0.3, -0.25) is 9.79 Å². The minimum atomic E-state index is -0.0811. The molecule has 0 spiro atoms. The molecule has 3 N–H and O–H groups in total. The van der Waals surface area contributed by atoms with Crippen molar-refractivity contribution in [3.63, 3.8) is 0 Å². The monoisotopic (exact) mass is 330 g/mol. The van der Waals surface area contributed by atoms with E-state index in [0.717, 1.165) is 18.1 Å². The van der Waals surface area contributed by atoms with Crippen LogP contribution in [-0.2, 0) is 13.1 Å². The lowest BCUT2D eigenvalue weighted by molar-refractivity contribution is 0.0963. The Hall–Kier alpha value is -2.34. The van der Waals surface area contributed by atoms with Gasteiger partial charge in [0, 0.05) is 36.0 Å². The van der Waals surface area contributed by atoms with Gasteiger partial charge in [0.2, 0.25) is 0 Å². The predicted octanol–water partition coefficient (Wildman–Crippen LogP) is 2.28. The molecular weight excluding hydrogens is 308 g/mol. The summed E-state index contributed by atoms with van der Waals surface area (Å²) in [5, 5.41) is 9.18. The van der Waals surface area contributed by atoms with Gasteiger partial charge in [0.25, 0.3) is 5.91 Å². The molecule has 122 valence electrons. The van der Waals surface area contributed by atoms with Gasteiger partial charge in [-0.05, 0) is 36.8 Å². The van der Waals surface area contributed by atoms with E-state index in [1.165, 1.54) is 9.75 Å². The van der Waals surface area contributed by atoms with Gasteiger partial charge in [0.15, 0.2) is 5.96 Å². The van der Waals surface area contributed by atoms with Crippen molar-refractivity contribution in [3.8, 4) is 0 Å². The van der Waals surface area contributed by atoms with Crippen molar-refractivity contribution < 1.29 is 4.79 Å². The van der Waals surface area contributed by atoms with Crippen LogP contribution in [0, 0.1) is 6.92 Å². The molecule has 1 aromatic heterocycles. The molecule has 23 heavy (non-hydrogen) atoms. The summed E-state index contributed by atoms with van der Waals surface area (Å²) in [5.41, 5.74) is 1.69. The third kappa shape index (κ3) is 5.10. The third-order valence-electron chi connectivity index (χ3n) is 3.33. The quantitative estimate of drug-likeness (QED) is 0.582. The first kappa shape index (κ1) is 17.0. The minimum Gasteiger partial charge on any atom is -0.355 e. The Kier molecular flexibility index (Phi) is 6.17. The number of amides is 1. The van der Waals surface area contributed by atoms with Crippen LogP contribution >= 0.6 is 11.3 Å². The van der Waals surface area contributed by atoms with Gasteiger partial charge in [0.05, 0.1) is 6.54 Å². The van der Waals surface area contributed by atoms with E-state index in [9.17, 15) is 4.79 Å². The standard InChI is InChI=1S/C17H22N4OS/c1-12-7-8-15(23-12)11-21-17(19-3)20-10-13-5-4-6-14(9-13)16(22)18-2/h4-9H,10-11H2,1-3H3,(H,18,22)(H2,19,20,21). The van der Waals surface area contributed by atoms with Gasteiger partial charge in [-0.15, -0.1) is 11.3 Å². The first-order chi connectivity index (χ1) is 11.1. The maximum Gasteiger partial charge on any atom is 0.251 e. The maximum atomic E-state index is 11.7. The molecular formula is C17H22N4OS. The van der Waals surface area contributed by atoms with Crippen LogP contribution in [0.5, 0.6) is 0 Å². The molecule has 0 aliphatic carbocycles. The Balaban J connectivity index is 1.89. The molecule has 1 amide bonds. The van der Waals surface area contributed by atoms with Gasteiger partial charge in [-0.1, -0.05) is 12.1 Å². The van der Waals surface area contributed by atoms with Gasteiger partial charge in [0.1, 0.15) is 0 Å². The van der Waals surface area contributed by atoms with Gasteiger partial charge >= 0.3 is 0 Å². The van der Waals surface area contributed by atoms with E-state index in [1.54, 1.807) is 31.5 Å². The summed E-state index contributed by atoms with van der Waals surface area (Å²) in [6.45, 7) is 3.45. The van der Waals surface area contributed by atoms with Crippen molar-refractivity contribution in [2.45, 2.75) is 20.0 Å². The SMILES string of the molecule is CN=C(NCc1cccc(C(=O)NC)c1)NCc1ccc(C)s1. The number of thiophene rings is 1. The molecule has 5 nitrogen and oxygen atoms in total. The number of aliphatic imine (C=N–C) groups is 1. The number of carbonyl (C=O) groups is 1. The van der Waals surface area contributed by atoms with Crippen LogP contribution in [0.1, 0.15) is 25.7 Å². The highest BCUT2D eigenvalue weighted by Gasteiger charge is 2.05. The van der Waals surface area contributed by atoms with Gasteiger partial charge in [-0.2, -0.15) is 0 Å². The number of benzene rings is 1. The number of nitrogens with zero attached hydrogens (tertiary/aromatic N) is 1. The van der Waals surface area contributed by atoms with Crippen LogP contribution < -0.4 is 16.0 Å². The second-order valence-corrected chi connectivity index (χ2v) is 6.44. The molecule has 0 aliphatic heterocycles. The summed E-state index contributed by atoms with van der Waals surface area (Å²) in [4.78, 5) is 18.4. The summed E-state index contributed by atoms with van der Waals surface area (Å²) >= 11 is 1.77. The number of rotatable bonds is 5. The minimum absolute atomic E-state index is 0.0811. The molecule has 2 aromatic rings. The summed E-state index contributed by atoms with van der Waals surface area (Å²) in [6.07, 6.45) is 0. The Bertz CT molecular complexity index is 693. The topological polar surface area (TPSA) is 65.5 Å². The van der Waals surface area contributed by atoms with Crippen LogP contribution in [0.15, 0.2) is 41.4 Å². The van der Waals surface area contributed by atoms with E-state index in [-0.39, 0.29) is 5.91 Å². The van der Waals surface area contributed by atoms with Crippen molar-refractivity contribution in [3.05, 3.63) is 57.3 Å². The Morgan fingerprint density at radius 1 is 1.17 bits per heavy atom. The zero-order valence-electron chi connectivity index (χ0n) is 13.6. The Labute approximate surface area is 140 Å². The third-order valence-corrected chi connectivity index (χ3v) is 4.33. The van der Waals surface area contributed by atoms with Crippen LogP contribution in [-0.4, -0.2) is 26.0 Å². The molecule has 2 rings (SSSR count). The first-order valence-corrected chi connectivity index (χ1v) is 8.25. The molecule has 0 atom stereocenters. The molecule has 0 radical (unpaired) electrons. The number of aryl methyl sites for hydroxylation is 1. The van der Waals surface area contributed by atoms with Crippen LogP contribution in [0.3, 0.4) is 0 Å². The molecule has 0 fully saturated rings. The van der Waals surface area contributed by atoms with E-state index in [4.69, 9.17) is 0 Å². The normalized spacial score (nSPS) is 11.2. The molecule has 1 aromatic carbocycles. The highest BCUT2D eigenvalue weighted by molar-refractivity contribution is 7.11. The number of hydrogen-bond donors (Lipinski definition) is 3. The smallest absolute Gasteiger partial charge is 0.251 e. The zero-order valence-corrected chi connectivity index (χ0v) is 14.5. The molecule has 6 heteroatoms. The highest BCUT2D eigenvalue weighted by atomic mass is 32.1. The van der Waals surface area contributed by atoms with E-state index in [1.807, 2.05) is 18.2 Å². The molecule has 1 heterocycles. The first-order valence-electron chi connectivity index (χ1n) is 7.43. The Morgan fingerprint density at radius 3 is 2.61 bits per heavy atom. The van der Waals surface area contributed by atoms with Crippen molar-refractivity contribution in [1.29, 1.82) is 0 Å². The summed E-state index contributed by atoms with van der Waals surface area (Å²) < 4.78 is 0. The van der Waals surface area contributed by atoms with Crippen molar-refractivity contribution in [2.75, 3.05) is 14.1 Å². The average molecular weight is 330 g/mol. The summed E-state index contributed by atoms with van der Waals surface area (Å²) in [5.74, 6) is 0.656. The molecule has 0 unspecified atom stereocenters. The van der Waals surface area contributed by atoms with Crippen molar-refractivity contribution in [2.24, 2.45) is 4.99 Å². The molecule has 0 saturated heterocycles. The fraction of sp³-hybridized carbons (Fsp3) is 0.294. The van der Waals surface area contributed by atoms with E-state index in [0.29, 0.717) is 12.1 Å². The van der Waals surface area contributed by atoms with E-state index >= 15 is 0 Å². The lowest BCUT2D eigenvalue weighted by atomic mass is 10.1. The predicted molar refractivity (Wildman–Crippen MR) is 95.9 cm³/mol. The number of carbonyl (C=O) groups excluding carboxylic acids is 1. The van der Waals surface area contributed by atoms with Gasteiger partial charge in [-0.25, -0.2) is 0 Å². The summed E-state index contributed by atoms with van der Waals surface area (Å²) in [6, 6.07) is 11.8. The largest absolute Gasteiger partial charge is 0.355 e. The van der Waals surface area contributed by atoms with Crippen molar-refractivity contribution in [1.82, 2.24) is 16.0 Å². The fourth-order valence-electron chi connectivity index (χ4n) is 2.12. The molecule has 0 bridgehead atoms. The number of nitrogens with one attached hydrogen (secondary N) is 3. The zero-order chi connectivity index (χ0) is 16.7. The second kappa shape index (κ2) is 8.33. The maximum absolute atomic E-state index is 11.7. The van der Waals surface area contributed by atoms with Crippen LogP contribution in [0.25, 0.3) is 0 Å². The second-order valence-electron chi connectivity index (χ2n) is 5.07. The van der Waals surface area contributed by atoms with E-state index < -0.39 is 0 Å². The lowest BCUT2D eigenvalue weighted by Crippen LogP contribution is -2.36. The highest BCUT2D eigenvalue weighted by Crippen LogP contribution is 2.14. The van der Waals surface area contributed by atoms with E-state index in [2.05, 4.69) is 40.0 Å². The summed E-state index contributed by atoms with van der Waals surface area (Å²) in [7, 11) is 3.38. The lowest BCUT2D eigenvalue weighted by Gasteiger charge is -2.12. The van der Waals surface area contributed by atoms with Crippen LogP contribution in [0.4, 0.5) is 0 Å². The van der Waals surface area contributed by atoms with Crippen LogP contribution in [0.2, 0.25) is 0 Å². The van der Waals surface area contributed by atoms with Crippen molar-refractivity contribution >= 4 is 23.2 Å². The molecule has 0 aliphatic rings. The van der Waals surface area contributed by atoms with Gasteiger partial charge < -0.3 is 16.0 Å². The number of hydrogen-bond acceptors (Lipinski definition) is 3. The number of guanidine groups is 1. The fourth-order valence-corrected chi connectivity index (χ4v) is 2.95. The average Bonchev–Trinajstić information content (AvgIpc) is 3.00.